The molecule has 5 heteroatoms. The molecule has 0 amide bonds. The van der Waals surface area contributed by atoms with Gasteiger partial charge in [-0.2, -0.15) is 5.26 Å². The topological polar surface area (TPSA) is 49.8 Å². The fraction of sp³-hybridized carbons (Fsp3) is 0. The maximum Gasteiger partial charge on any atom is 0.138 e. The Bertz CT molecular complexity index is 409. The van der Waals surface area contributed by atoms with E-state index in [1.807, 2.05) is 0 Å². The summed E-state index contributed by atoms with van der Waals surface area (Å²) in [5.74, 6) is -3.30. The van der Waals surface area contributed by atoms with Crippen LogP contribution in [0.25, 0.3) is 5.70 Å². The molecule has 0 aliphatic carbocycles. The van der Waals surface area contributed by atoms with Crippen LogP contribution in [-0.4, -0.2) is 0 Å². The van der Waals surface area contributed by atoms with Crippen molar-refractivity contribution in [1.29, 1.82) is 5.26 Å². The summed E-state index contributed by atoms with van der Waals surface area (Å²) < 4.78 is 38.4. The molecule has 0 bridgehead atoms. The summed E-state index contributed by atoms with van der Waals surface area (Å²) >= 11 is 0. The van der Waals surface area contributed by atoms with Gasteiger partial charge in [0.25, 0.3) is 0 Å². The lowest BCUT2D eigenvalue weighted by molar-refractivity contribution is 0.538. The van der Waals surface area contributed by atoms with Gasteiger partial charge >= 0.3 is 0 Å². The highest BCUT2D eigenvalue weighted by Crippen LogP contribution is 2.19. The van der Waals surface area contributed by atoms with Gasteiger partial charge in [-0.1, -0.05) is 0 Å². The van der Waals surface area contributed by atoms with Gasteiger partial charge in [-0.05, 0) is 0 Å². The van der Waals surface area contributed by atoms with E-state index in [1.165, 1.54) is 6.07 Å². The first-order chi connectivity index (χ1) is 6.56. The van der Waals surface area contributed by atoms with Crippen molar-refractivity contribution >= 4 is 5.70 Å². The largest absolute Gasteiger partial charge is 0.397 e. The van der Waals surface area contributed by atoms with Crippen molar-refractivity contribution in [2.45, 2.75) is 0 Å². The zero-order chi connectivity index (χ0) is 10.7. The van der Waals surface area contributed by atoms with Crippen LogP contribution >= 0.6 is 0 Å². The molecule has 2 nitrogen and oxygen atoms in total. The molecule has 72 valence electrons. The van der Waals surface area contributed by atoms with Crippen LogP contribution in [0.15, 0.2) is 18.2 Å². The SMILES string of the molecule is N#CC=C(N)c1c(F)cc(F)cc1F. The Morgan fingerprint density at radius 3 is 2.21 bits per heavy atom. The summed E-state index contributed by atoms with van der Waals surface area (Å²) in [4.78, 5) is 0. The number of allylic oxidation sites excluding steroid dienone is 1. The third-order valence-electron chi connectivity index (χ3n) is 1.52. The molecule has 0 aliphatic rings. The van der Waals surface area contributed by atoms with Crippen LogP contribution in [0.1, 0.15) is 5.56 Å². The molecule has 0 saturated heterocycles. The van der Waals surface area contributed by atoms with Gasteiger partial charge in [0.1, 0.15) is 17.5 Å². The predicted molar refractivity (Wildman–Crippen MR) is 44.1 cm³/mol. The van der Waals surface area contributed by atoms with Gasteiger partial charge < -0.3 is 5.73 Å². The molecule has 0 unspecified atom stereocenters. The van der Waals surface area contributed by atoms with Crippen molar-refractivity contribution in [2.75, 3.05) is 0 Å². The lowest BCUT2D eigenvalue weighted by Crippen LogP contribution is -2.03. The summed E-state index contributed by atoms with van der Waals surface area (Å²) in [6.07, 6.45) is 0.777. The molecule has 0 atom stereocenters. The van der Waals surface area contributed by atoms with Crippen LogP contribution in [0.3, 0.4) is 0 Å². The number of nitrogens with two attached hydrogens (primary N) is 1. The Balaban J connectivity index is 3.37. The van der Waals surface area contributed by atoms with Crippen molar-refractivity contribution in [1.82, 2.24) is 0 Å². The summed E-state index contributed by atoms with van der Waals surface area (Å²) in [5.41, 5.74) is 4.23. The van der Waals surface area contributed by atoms with Gasteiger partial charge in [-0.15, -0.1) is 0 Å². The van der Waals surface area contributed by atoms with E-state index >= 15 is 0 Å². The predicted octanol–water partition coefficient (Wildman–Crippen LogP) is 1.93. The number of benzene rings is 1. The third kappa shape index (κ3) is 1.85. The zero-order valence-corrected chi connectivity index (χ0v) is 6.89. The second kappa shape index (κ2) is 3.83. The van der Waals surface area contributed by atoms with E-state index in [2.05, 4.69) is 0 Å². The van der Waals surface area contributed by atoms with Crippen molar-refractivity contribution in [2.24, 2.45) is 5.73 Å². The molecule has 0 saturated carbocycles. The maximum atomic E-state index is 13.0. The molecule has 14 heavy (non-hydrogen) atoms. The smallest absolute Gasteiger partial charge is 0.138 e. The highest BCUT2D eigenvalue weighted by Gasteiger charge is 2.13. The first-order valence-corrected chi connectivity index (χ1v) is 3.56. The molecule has 1 aromatic rings. The Morgan fingerprint density at radius 1 is 1.29 bits per heavy atom. The average Bonchev–Trinajstić information content (AvgIpc) is 2.01. The van der Waals surface area contributed by atoms with Crippen molar-refractivity contribution < 1.29 is 13.2 Å². The lowest BCUT2D eigenvalue weighted by atomic mass is 10.1. The van der Waals surface area contributed by atoms with E-state index in [4.69, 9.17) is 11.0 Å². The van der Waals surface area contributed by atoms with Gasteiger partial charge in [0.05, 0.1) is 17.3 Å². The molecule has 0 heterocycles. The van der Waals surface area contributed by atoms with Crippen LogP contribution in [0.5, 0.6) is 0 Å². The molecule has 0 fully saturated rings. The van der Waals surface area contributed by atoms with Crippen LogP contribution in [0.2, 0.25) is 0 Å². The molecule has 0 aliphatic heterocycles. The third-order valence-corrected chi connectivity index (χ3v) is 1.52. The molecular weight excluding hydrogens is 193 g/mol. The number of rotatable bonds is 1. The number of nitrogens with zero attached hydrogens (tertiary/aromatic N) is 1. The van der Waals surface area contributed by atoms with E-state index in [0.29, 0.717) is 12.1 Å². The van der Waals surface area contributed by atoms with Crippen LogP contribution in [-0.2, 0) is 0 Å². The second-order valence-electron chi connectivity index (χ2n) is 2.47. The van der Waals surface area contributed by atoms with Gasteiger partial charge in [0, 0.05) is 18.2 Å². The molecule has 1 aromatic carbocycles. The quantitative estimate of drug-likeness (QED) is 0.701. The second-order valence-corrected chi connectivity index (χ2v) is 2.47. The van der Waals surface area contributed by atoms with Gasteiger partial charge in [0.15, 0.2) is 0 Å². The minimum absolute atomic E-state index is 0.373. The Hall–Kier alpha value is -1.96. The Labute approximate surface area is 78.1 Å². The molecular formula is C9H5F3N2. The minimum Gasteiger partial charge on any atom is -0.397 e. The number of nitriles is 1. The van der Waals surface area contributed by atoms with E-state index < -0.39 is 23.0 Å². The first-order valence-electron chi connectivity index (χ1n) is 3.56. The van der Waals surface area contributed by atoms with Gasteiger partial charge in [-0.25, -0.2) is 13.2 Å². The summed E-state index contributed by atoms with van der Waals surface area (Å²) in [6, 6.07) is 2.51. The fourth-order valence-electron chi connectivity index (χ4n) is 0.960. The van der Waals surface area contributed by atoms with Crippen molar-refractivity contribution in [3.63, 3.8) is 0 Å². The lowest BCUT2D eigenvalue weighted by Gasteiger charge is -2.03. The highest BCUT2D eigenvalue weighted by atomic mass is 19.1. The van der Waals surface area contributed by atoms with E-state index in [9.17, 15) is 13.2 Å². The molecule has 0 aromatic heterocycles. The van der Waals surface area contributed by atoms with Gasteiger partial charge in [0.2, 0.25) is 0 Å². The van der Waals surface area contributed by atoms with E-state index in [-0.39, 0.29) is 5.70 Å². The summed E-state index contributed by atoms with van der Waals surface area (Å²) in [7, 11) is 0. The monoisotopic (exact) mass is 198 g/mol. The highest BCUT2D eigenvalue weighted by molar-refractivity contribution is 5.65. The minimum atomic E-state index is -1.13. The van der Waals surface area contributed by atoms with Crippen molar-refractivity contribution in [3.8, 4) is 6.07 Å². The van der Waals surface area contributed by atoms with Crippen LogP contribution in [0.4, 0.5) is 13.2 Å². The normalized spacial score (nSPS) is 11.1. The van der Waals surface area contributed by atoms with Gasteiger partial charge in [-0.3, -0.25) is 0 Å². The summed E-state index contributed by atoms with van der Waals surface area (Å²) in [6.45, 7) is 0. The number of hydrogen-bond acceptors (Lipinski definition) is 2. The molecule has 0 radical (unpaired) electrons. The standard InChI is InChI=1S/C9H5F3N2/c10-5-3-6(11)9(7(12)4-5)8(14)1-2-13/h1,3-4H,14H2. The van der Waals surface area contributed by atoms with Crippen LogP contribution in [0, 0.1) is 28.8 Å². The summed E-state index contributed by atoms with van der Waals surface area (Å²) in [5, 5.41) is 8.21. The Kier molecular flexibility index (Phi) is 2.77. The molecule has 0 spiro atoms. The zero-order valence-electron chi connectivity index (χ0n) is 6.89. The average molecular weight is 198 g/mol. The van der Waals surface area contributed by atoms with Crippen LogP contribution < -0.4 is 5.73 Å². The fourth-order valence-corrected chi connectivity index (χ4v) is 0.960. The Morgan fingerprint density at radius 2 is 1.79 bits per heavy atom. The molecule has 2 N–H and O–H groups in total. The first kappa shape index (κ1) is 10.1. The maximum absolute atomic E-state index is 13.0. The molecule has 1 rings (SSSR count). The van der Waals surface area contributed by atoms with Crippen molar-refractivity contribution in [3.05, 3.63) is 41.2 Å². The van der Waals surface area contributed by atoms with E-state index in [0.717, 1.165) is 6.08 Å². The number of hydrogen-bond donors (Lipinski definition) is 1. The number of halogens is 3. The van der Waals surface area contributed by atoms with E-state index in [1.54, 1.807) is 0 Å².